The molecule has 0 unspecified atom stereocenters. The van der Waals surface area contributed by atoms with Gasteiger partial charge in [0.05, 0.1) is 6.61 Å². The summed E-state index contributed by atoms with van der Waals surface area (Å²) < 4.78 is 52.4. The topological polar surface area (TPSA) is 57.6 Å². The Morgan fingerprint density at radius 3 is 2.28 bits per heavy atom. The highest BCUT2D eigenvalue weighted by atomic mass is 32.2. The van der Waals surface area contributed by atoms with Gasteiger partial charge in [-0.2, -0.15) is 4.31 Å². The van der Waals surface area contributed by atoms with Gasteiger partial charge in [-0.05, 0) is 25.0 Å². The highest BCUT2D eigenvalue weighted by molar-refractivity contribution is 7.89. The molecule has 1 aromatic rings. The Kier molecular flexibility index (Phi) is 3.65. The van der Waals surface area contributed by atoms with Gasteiger partial charge in [-0.25, -0.2) is 17.2 Å². The number of halogens is 2. The van der Waals surface area contributed by atoms with Crippen molar-refractivity contribution in [3.05, 3.63) is 29.8 Å². The van der Waals surface area contributed by atoms with Gasteiger partial charge in [0, 0.05) is 12.6 Å². The molecule has 1 fully saturated rings. The predicted molar refractivity (Wildman–Crippen MR) is 60.4 cm³/mol. The summed E-state index contributed by atoms with van der Waals surface area (Å²) in [5, 5.41) is 8.87. The highest BCUT2D eigenvalue weighted by Gasteiger charge is 2.40. The Hall–Kier alpha value is -1.05. The third-order valence-electron chi connectivity index (χ3n) is 2.76. The standard InChI is InChI=1S/C11H13F2NO3S/c12-9-2-1-3-10(13)11(9)18(16,17)14(6-7-15)8-4-5-8/h1-3,8,15H,4-7H2. The lowest BCUT2D eigenvalue weighted by Gasteiger charge is -2.21. The molecule has 0 heterocycles. The number of hydrogen-bond acceptors (Lipinski definition) is 3. The minimum atomic E-state index is -4.24. The SMILES string of the molecule is O=S(=O)(c1c(F)cccc1F)N(CCO)C1CC1. The van der Waals surface area contributed by atoms with Crippen molar-refractivity contribution >= 4 is 10.0 Å². The van der Waals surface area contributed by atoms with Crippen molar-refractivity contribution in [3.63, 3.8) is 0 Å². The van der Waals surface area contributed by atoms with E-state index < -0.39 is 26.6 Å². The second kappa shape index (κ2) is 4.91. The Morgan fingerprint density at radius 2 is 1.83 bits per heavy atom. The molecule has 1 saturated carbocycles. The Balaban J connectivity index is 2.46. The van der Waals surface area contributed by atoms with E-state index in [1.165, 1.54) is 0 Å². The molecule has 1 aliphatic carbocycles. The lowest BCUT2D eigenvalue weighted by molar-refractivity contribution is 0.249. The summed E-state index contributed by atoms with van der Waals surface area (Å²) in [5.74, 6) is -2.22. The lowest BCUT2D eigenvalue weighted by atomic mass is 10.3. The average molecular weight is 277 g/mol. The summed E-state index contributed by atoms with van der Waals surface area (Å²) in [5.41, 5.74) is 0. The molecule has 2 rings (SSSR count). The minimum absolute atomic E-state index is 0.152. The molecule has 0 radical (unpaired) electrons. The normalized spacial score (nSPS) is 16.2. The molecule has 1 aromatic carbocycles. The lowest BCUT2D eigenvalue weighted by Crippen LogP contribution is -2.36. The predicted octanol–water partition coefficient (Wildman–Crippen LogP) is 1.11. The summed E-state index contributed by atoms with van der Waals surface area (Å²) in [6, 6.07) is 2.65. The minimum Gasteiger partial charge on any atom is -0.395 e. The first-order valence-corrected chi connectivity index (χ1v) is 6.99. The summed E-state index contributed by atoms with van der Waals surface area (Å²) in [7, 11) is -4.24. The van der Waals surface area contributed by atoms with Crippen LogP contribution in [-0.2, 0) is 10.0 Å². The van der Waals surface area contributed by atoms with Gasteiger partial charge >= 0.3 is 0 Å². The third-order valence-corrected chi connectivity index (χ3v) is 4.76. The Morgan fingerprint density at radius 1 is 1.28 bits per heavy atom. The molecular formula is C11H13F2NO3S. The zero-order valence-corrected chi connectivity index (χ0v) is 10.3. The van der Waals surface area contributed by atoms with Crippen molar-refractivity contribution in [2.75, 3.05) is 13.2 Å². The van der Waals surface area contributed by atoms with E-state index in [0.29, 0.717) is 12.8 Å². The van der Waals surface area contributed by atoms with Crippen LogP contribution in [0.2, 0.25) is 0 Å². The van der Waals surface area contributed by atoms with Crippen LogP contribution in [0, 0.1) is 11.6 Å². The number of benzene rings is 1. The van der Waals surface area contributed by atoms with Gasteiger partial charge in [0.2, 0.25) is 10.0 Å². The summed E-state index contributed by atoms with van der Waals surface area (Å²) in [4.78, 5) is -0.939. The van der Waals surface area contributed by atoms with Crippen molar-refractivity contribution in [3.8, 4) is 0 Å². The van der Waals surface area contributed by atoms with Crippen LogP contribution in [-0.4, -0.2) is 37.0 Å². The second-order valence-electron chi connectivity index (χ2n) is 4.12. The van der Waals surface area contributed by atoms with Crippen LogP contribution in [0.15, 0.2) is 23.1 Å². The molecule has 0 atom stereocenters. The first-order valence-electron chi connectivity index (χ1n) is 5.55. The molecule has 0 spiro atoms. The summed E-state index contributed by atoms with van der Waals surface area (Å²) in [6.07, 6.45) is 1.30. The molecule has 1 aliphatic rings. The summed E-state index contributed by atoms with van der Waals surface area (Å²) in [6.45, 7) is -0.535. The molecular weight excluding hydrogens is 264 g/mol. The second-order valence-corrected chi connectivity index (χ2v) is 5.95. The maximum Gasteiger partial charge on any atom is 0.249 e. The van der Waals surface area contributed by atoms with E-state index in [1.54, 1.807) is 0 Å². The van der Waals surface area contributed by atoms with Crippen LogP contribution < -0.4 is 0 Å². The van der Waals surface area contributed by atoms with E-state index in [9.17, 15) is 17.2 Å². The maximum absolute atomic E-state index is 13.5. The zero-order valence-electron chi connectivity index (χ0n) is 9.51. The molecule has 0 aliphatic heterocycles. The Labute approximate surface area is 104 Å². The quantitative estimate of drug-likeness (QED) is 0.877. The van der Waals surface area contributed by atoms with E-state index >= 15 is 0 Å². The first-order chi connectivity index (χ1) is 8.48. The smallest absolute Gasteiger partial charge is 0.249 e. The van der Waals surface area contributed by atoms with E-state index in [4.69, 9.17) is 5.11 Å². The first kappa shape index (κ1) is 13.4. The van der Waals surface area contributed by atoms with Crippen LogP contribution in [0.5, 0.6) is 0 Å². The van der Waals surface area contributed by atoms with Crippen molar-refractivity contribution in [1.29, 1.82) is 0 Å². The number of nitrogens with zero attached hydrogens (tertiary/aromatic N) is 1. The number of aliphatic hydroxyl groups excluding tert-OH is 1. The molecule has 0 bridgehead atoms. The van der Waals surface area contributed by atoms with E-state index in [2.05, 4.69) is 0 Å². The molecule has 18 heavy (non-hydrogen) atoms. The Bertz CT molecular complexity index is 523. The monoisotopic (exact) mass is 277 g/mol. The van der Waals surface area contributed by atoms with Crippen molar-refractivity contribution in [1.82, 2.24) is 4.31 Å². The highest BCUT2D eigenvalue weighted by Crippen LogP contribution is 2.33. The van der Waals surface area contributed by atoms with Gasteiger partial charge in [0.1, 0.15) is 11.6 Å². The fourth-order valence-electron chi connectivity index (χ4n) is 1.81. The molecule has 7 heteroatoms. The zero-order chi connectivity index (χ0) is 13.3. The van der Waals surface area contributed by atoms with E-state index in [1.807, 2.05) is 0 Å². The molecule has 100 valence electrons. The molecule has 0 saturated heterocycles. The molecule has 0 amide bonds. The fourth-order valence-corrected chi connectivity index (χ4v) is 3.60. The van der Waals surface area contributed by atoms with Gasteiger partial charge < -0.3 is 5.11 Å². The third kappa shape index (κ3) is 2.38. The number of sulfonamides is 1. The largest absolute Gasteiger partial charge is 0.395 e. The van der Waals surface area contributed by atoms with Crippen molar-refractivity contribution in [2.45, 2.75) is 23.8 Å². The van der Waals surface area contributed by atoms with Crippen molar-refractivity contribution in [2.24, 2.45) is 0 Å². The molecule has 4 nitrogen and oxygen atoms in total. The number of hydrogen-bond donors (Lipinski definition) is 1. The van der Waals surface area contributed by atoms with Crippen LogP contribution in [0.3, 0.4) is 0 Å². The van der Waals surface area contributed by atoms with Gasteiger partial charge in [-0.15, -0.1) is 0 Å². The van der Waals surface area contributed by atoms with Gasteiger partial charge in [-0.1, -0.05) is 6.07 Å². The number of rotatable bonds is 5. The maximum atomic E-state index is 13.5. The molecule has 1 N–H and O–H groups in total. The number of aliphatic hydroxyl groups is 1. The van der Waals surface area contributed by atoms with Gasteiger partial charge in [0.15, 0.2) is 4.90 Å². The fraction of sp³-hybridized carbons (Fsp3) is 0.455. The average Bonchev–Trinajstić information content (AvgIpc) is 3.08. The van der Waals surface area contributed by atoms with E-state index in [-0.39, 0.29) is 19.2 Å². The van der Waals surface area contributed by atoms with Crippen LogP contribution in [0.25, 0.3) is 0 Å². The summed E-state index contributed by atoms with van der Waals surface area (Å²) >= 11 is 0. The molecule has 0 aromatic heterocycles. The van der Waals surface area contributed by atoms with Crippen LogP contribution >= 0.6 is 0 Å². The van der Waals surface area contributed by atoms with Crippen LogP contribution in [0.4, 0.5) is 8.78 Å². The van der Waals surface area contributed by atoms with Crippen LogP contribution in [0.1, 0.15) is 12.8 Å². The van der Waals surface area contributed by atoms with E-state index in [0.717, 1.165) is 22.5 Å². The van der Waals surface area contributed by atoms with Gasteiger partial charge in [0.25, 0.3) is 0 Å². The van der Waals surface area contributed by atoms with Crippen molar-refractivity contribution < 1.29 is 22.3 Å². The van der Waals surface area contributed by atoms with Gasteiger partial charge in [-0.3, -0.25) is 0 Å².